The number of anilines is 2. The number of primary amides is 1. The molecule has 55 heavy (non-hydrogen) atoms. The molecule has 16 heteroatoms. The summed E-state index contributed by atoms with van der Waals surface area (Å²) in [4.78, 5) is 58.8. The number of nitrogens with zero attached hydrogens (tertiary/aromatic N) is 2. The number of hydrogen-bond donors (Lipinski definition) is 4. The number of amides is 3. The molecule has 2 aliphatic heterocycles. The molecule has 3 aliphatic carbocycles. The lowest BCUT2D eigenvalue weighted by molar-refractivity contribution is -0.199. The Balaban J connectivity index is 1.16. The highest BCUT2D eigenvalue weighted by Crippen LogP contribution is 2.65. The fraction of sp³-hybridized carbons (Fsp3) is 0.513. The van der Waals surface area contributed by atoms with Crippen molar-refractivity contribution in [1.29, 1.82) is 0 Å². The molecule has 1 aromatic heterocycles. The van der Waals surface area contributed by atoms with Gasteiger partial charge in [-0.25, -0.2) is 4.98 Å². The van der Waals surface area contributed by atoms with E-state index >= 15 is 0 Å². The van der Waals surface area contributed by atoms with Crippen molar-refractivity contribution in [2.24, 2.45) is 23.0 Å². The summed E-state index contributed by atoms with van der Waals surface area (Å²) in [6.07, 6.45) is -1.15. The van der Waals surface area contributed by atoms with Crippen LogP contribution in [-0.4, -0.2) is 52.0 Å². The largest absolute Gasteiger partial charge is 0.481 e. The zero-order valence-corrected chi connectivity index (χ0v) is 31.5. The number of aromatic nitrogens is 2. The minimum Gasteiger partial charge on any atom is -0.404 e. The number of fused-ring (bicyclic) bond motifs is 1. The summed E-state index contributed by atoms with van der Waals surface area (Å²) in [5.41, 5.74) is 3.14. The van der Waals surface area contributed by atoms with Gasteiger partial charge in [-0.15, -0.1) is 0 Å². The first-order valence-corrected chi connectivity index (χ1v) is 18.7. The van der Waals surface area contributed by atoms with Gasteiger partial charge in [-0.3, -0.25) is 23.7 Å². The number of halogens is 3. The van der Waals surface area contributed by atoms with Crippen molar-refractivity contribution in [3.63, 3.8) is 0 Å². The van der Waals surface area contributed by atoms with Gasteiger partial charge in [-0.1, -0.05) is 52.0 Å². The first-order valence-electron chi connectivity index (χ1n) is 18.7. The average Bonchev–Trinajstić information content (AvgIpc) is 3.64. The highest BCUT2D eigenvalue weighted by atomic mass is 19.4. The van der Waals surface area contributed by atoms with Gasteiger partial charge in [0.2, 0.25) is 11.8 Å². The average molecular weight is 763 g/mol. The van der Waals surface area contributed by atoms with Crippen LogP contribution >= 0.6 is 0 Å². The predicted octanol–water partition coefficient (Wildman–Crippen LogP) is 5.37. The standard InChI is InChI=1S/C39H46BF3N6O6/c1-6-30(40-54-29-16-23-15-28(36(23,2)3)38(29,5)55-40)48-33(52)27-17-37(4,18-31(50)47-25-13-8-7-12-24(25)32(44)51)35-46-20-26(34(53)49(27)35)45-19-21-10-9-11-22(14-21)39(41,42)43/h7-14,20,23,27-30,45H,6,15-19H2,1-5H3,(H2,44,51)(H,47,50)(H,48,52)/t23?,27-,28?,29?,30-,37-,38?/m0/s1. The zero-order chi connectivity index (χ0) is 39.7. The second kappa shape index (κ2) is 13.8. The van der Waals surface area contributed by atoms with E-state index in [0.29, 0.717) is 18.3 Å². The van der Waals surface area contributed by atoms with Crippen LogP contribution in [-0.2, 0) is 37.0 Å². The van der Waals surface area contributed by atoms with E-state index in [1.807, 2.05) is 6.92 Å². The number of benzene rings is 2. The topological polar surface area (TPSA) is 167 Å². The van der Waals surface area contributed by atoms with Crippen LogP contribution in [0.4, 0.5) is 24.5 Å². The molecular formula is C39H46BF3N6O6. The predicted molar refractivity (Wildman–Crippen MR) is 199 cm³/mol. The zero-order valence-electron chi connectivity index (χ0n) is 31.5. The maximum absolute atomic E-state index is 14.4. The molecule has 7 atom stereocenters. The second-order valence-corrected chi connectivity index (χ2v) is 16.5. The van der Waals surface area contributed by atoms with Crippen LogP contribution in [0.25, 0.3) is 0 Å². The molecular weight excluding hydrogens is 716 g/mol. The lowest BCUT2D eigenvalue weighted by Crippen LogP contribution is -2.65. The Hall–Kier alpha value is -4.70. The summed E-state index contributed by atoms with van der Waals surface area (Å²) >= 11 is 0. The second-order valence-electron chi connectivity index (χ2n) is 16.5. The van der Waals surface area contributed by atoms with Crippen LogP contribution < -0.4 is 27.2 Å². The number of nitrogens with one attached hydrogen (secondary N) is 3. The number of para-hydroxylation sites is 1. The van der Waals surface area contributed by atoms with Gasteiger partial charge < -0.3 is 31.0 Å². The maximum atomic E-state index is 14.4. The highest BCUT2D eigenvalue weighted by molar-refractivity contribution is 6.47. The van der Waals surface area contributed by atoms with Crippen molar-refractivity contribution >= 4 is 36.2 Å². The summed E-state index contributed by atoms with van der Waals surface area (Å²) in [5, 5.41) is 8.73. The first-order chi connectivity index (χ1) is 25.9. The molecule has 4 fully saturated rings. The van der Waals surface area contributed by atoms with Gasteiger partial charge in [0.05, 0.1) is 40.7 Å². The molecule has 5 N–H and O–H groups in total. The minimum absolute atomic E-state index is 0.0180. The Morgan fingerprint density at radius 3 is 2.51 bits per heavy atom. The molecule has 4 unspecified atom stereocenters. The summed E-state index contributed by atoms with van der Waals surface area (Å²) in [6, 6.07) is 9.93. The van der Waals surface area contributed by atoms with E-state index in [-0.39, 0.29) is 59.2 Å². The van der Waals surface area contributed by atoms with Gasteiger partial charge in [-0.2, -0.15) is 13.2 Å². The quantitative estimate of drug-likeness (QED) is 0.190. The van der Waals surface area contributed by atoms with Crippen LogP contribution in [0.15, 0.2) is 59.5 Å². The van der Waals surface area contributed by atoms with Crippen molar-refractivity contribution in [2.45, 2.75) is 109 Å². The van der Waals surface area contributed by atoms with Crippen LogP contribution in [0.3, 0.4) is 0 Å². The van der Waals surface area contributed by atoms with Crippen LogP contribution in [0, 0.1) is 17.3 Å². The van der Waals surface area contributed by atoms with Gasteiger partial charge in [-0.05, 0) is 79.7 Å². The van der Waals surface area contributed by atoms with E-state index < -0.39 is 65.1 Å². The lowest BCUT2D eigenvalue weighted by Gasteiger charge is -2.64. The molecule has 12 nitrogen and oxygen atoms in total. The molecule has 0 spiro atoms. The molecule has 3 amide bonds. The fourth-order valence-electron chi connectivity index (χ4n) is 9.42. The van der Waals surface area contributed by atoms with Crippen molar-refractivity contribution in [3.8, 4) is 0 Å². The smallest absolute Gasteiger partial charge is 0.404 e. The Kier molecular flexibility index (Phi) is 9.68. The Bertz CT molecular complexity index is 2090. The first kappa shape index (κ1) is 38.6. The number of carbonyl (C=O) groups excluding carboxylic acids is 3. The Morgan fingerprint density at radius 1 is 1.07 bits per heavy atom. The van der Waals surface area contributed by atoms with Crippen LogP contribution in [0.2, 0.25) is 0 Å². The highest BCUT2D eigenvalue weighted by Gasteiger charge is 2.68. The molecule has 292 valence electrons. The SMILES string of the molecule is CC[C@H](NC(=O)[C@@H]1C[C@@](C)(CC(=O)Nc2ccccc2C(N)=O)c2ncc(NCc3cccc(C(F)(F)F)c3)c(=O)n21)B1OC2CC3CC(C3(C)C)C2(C)O1. The third kappa shape index (κ3) is 6.81. The van der Waals surface area contributed by atoms with Crippen LogP contribution in [0.1, 0.15) is 100 Å². The number of rotatable bonds is 11. The monoisotopic (exact) mass is 762 g/mol. The molecule has 2 bridgehead atoms. The van der Waals surface area contributed by atoms with Gasteiger partial charge >= 0.3 is 13.3 Å². The van der Waals surface area contributed by atoms with E-state index in [1.54, 1.807) is 25.1 Å². The van der Waals surface area contributed by atoms with Crippen molar-refractivity contribution < 1.29 is 36.9 Å². The fourth-order valence-corrected chi connectivity index (χ4v) is 9.42. The third-order valence-corrected chi connectivity index (χ3v) is 12.6. The summed E-state index contributed by atoms with van der Waals surface area (Å²) in [5.74, 6) is -1.23. The van der Waals surface area contributed by atoms with E-state index in [9.17, 15) is 32.3 Å². The minimum atomic E-state index is -4.54. The van der Waals surface area contributed by atoms with E-state index in [4.69, 9.17) is 15.0 Å². The molecule has 3 aromatic rings. The van der Waals surface area contributed by atoms with Crippen molar-refractivity contribution in [3.05, 3.63) is 87.6 Å². The number of carbonyl (C=O) groups is 3. The number of hydrogen-bond acceptors (Lipinski definition) is 8. The molecule has 1 saturated heterocycles. The molecule has 8 rings (SSSR count). The van der Waals surface area contributed by atoms with E-state index in [2.05, 4.69) is 41.7 Å². The third-order valence-electron chi connectivity index (χ3n) is 12.6. The van der Waals surface area contributed by atoms with Crippen LogP contribution in [0.5, 0.6) is 0 Å². The summed E-state index contributed by atoms with van der Waals surface area (Å²) in [7, 11) is -0.710. The lowest BCUT2D eigenvalue weighted by atomic mass is 9.43. The molecule has 3 heterocycles. The van der Waals surface area contributed by atoms with E-state index in [0.717, 1.165) is 25.0 Å². The number of nitrogens with two attached hydrogens (primary N) is 1. The van der Waals surface area contributed by atoms with E-state index in [1.165, 1.54) is 29.0 Å². The molecule has 2 aromatic carbocycles. The molecule has 3 saturated carbocycles. The molecule has 5 aliphatic rings. The Labute approximate surface area is 317 Å². The van der Waals surface area contributed by atoms with Crippen molar-refractivity contribution in [2.75, 3.05) is 10.6 Å². The van der Waals surface area contributed by atoms with Gasteiger partial charge in [0.1, 0.15) is 17.6 Å². The summed E-state index contributed by atoms with van der Waals surface area (Å²) < 4.78 is 54.5. The van der Waals surface area contributed by atoms with Crippen molar-refractivity contribution in [1.82, 2.24) is 14.9 Å². The Morgan fingerprint density at radius 2 is 1.82 bits per heavy atom. The normalized spacial score (nSPS) is 28.0. The maximum Gasteiger partial charge on any atom is 0.481 e. The van der Waals surface area contributed by atoms with Gasteiger partial charge in [0, 0.05) is 18.4 Å². The number of alkyl halides is 3. The molecule has 0 radical (unpaired) electrons. The van der Waals surface area contributed by atoms with Gasteiger partial charge in [0.25, 0.3) is 11.5 Å². The van der Waals surface area contributed by atoms with Gasteiger partial charge in [0.15, 0.2) is 0 Å². The summed E-state index contributed by atoms with van der Waals surface area (Å²) in [6.45, 7) is 10.2.